The number of sulfonamides is 1. The number of benzene rings is 1. The van der Waals surface area contributed by atoms with Crippen molar-refractivity contribution in [2.75, 3.05) is 4.72 Å². The minimum Gasteiger partial charge on any atom is -0.261 e. The SMILES string of the molecule is Cc1ccc2c(NS(=O)(=O)c3ccc(C(C)(C)C)cc3)n[nH]c2n1. The van der Waals surface area contributed by atoms with Gasteiger partial charge in [0, 0.05) is 5.69 Å². The molecule has 0 aliphatic heterocycles. The second-order valence-corrected chi connectivity index (χ2v) is 8.48. The Kier molecular flexibility index (Phi) is 3.83. The second kappa shape index (κ2) is 5.59. The summed E-state index contributed by atoms with van der Waals surface area (Å²) in [4.78, 5) is 4.49. The molecule has 2 N–H and O–H groups in total. The topological polar surface area (TPSA) is 87.7 Å². The molecule has 1 aromatic carbocycles. The number of pyridine rings is 1. The number of aryl methyl sites for hydroxylation is 1. The van der Waals surface area contributed by atoms with Crippen LogP contribution in [0.3, 0.4) is 0 Å². The third-order valence-corrected chi connectivity index (χ3v) is 5.18. The van der Waals surface area contributed by atoms with Crippen molar-refractivity contribution in [2.45, 2.75) is 38.0 Å². The first kappa shape index (κ1) is 16.4. The molecule has 2 aromatic heterocycles. The maximum absolute atomic E-state index is 12.6. The van der Waals surface area contributed by atoms with Gasteiger partial charge in [-0.05, 0) is 42.2 Å². The number of rotatable bonds is 3. The molecule has 0 radical (unpaired) electrons. The summed E-state index contributed by atoms with van der Waals surface area (Å²) in [6.07, 6.45) is 0. The van der Waals surface area contributed by atoms with Crippen molar-refractivity contribution < 1.29 is 8.42 Å². The van der Waals surface area contributed by atoms with Crippen molar-refractivity contribution in [3.05, 3.63) is 47.7 Å². The van der Waals surface area contributed by atoms with Gasteiger partial charge in [-0.1, -0.05) is 32.9 Å². The molecule has 0 saturated heterocycles. The highest BCUT2D eigenvalue weighted by atomic mass is 32.2. The van der Waals surface area contributed by atoms with E-state index in [1.165, 1.54) is 0 Å². The minimum absolute atomic E-state index is 0.0301. The van der Waals surface area contributed by atoms with Crippen LogP contribution in [0.5, 0.6) is 0 Å². The van der Waals surface area contributed by atoms with E-state index in [9.17, 15) is 8.42 Å². The summed E-state index contributed by atoms with van der Waals surface area (Å²) < 4.78 is 27.7. The summed E-state index contributed by atoms with van der Waals surface area (Å²) in [5, 5.41) is 7.40. The first-order chi connectivity index (χ1) is 11.2. The predicted octanol–water partition coefficient (Wildman–Crippen LogP) is 3.36. The Hall–Kier alpha value is -2.41. The number of H-pyrrole nitrogens is 1. The van der Waals surface area contributed by atoms with E-state index >= 15 is 0 Å². The molecule has 0 fully saturated rings. The molecule has 0 saturated carbocycles. The lowest BCUT2D eigenvalue weighted by Gasteiger charge is -2.19. The third-order valence-electron chi connectivity index (χ3n) is 3.82. The van der Waals surface area contributed by atoms with Gasteiger partial charge in [-0.3, -0.25) is 9.82 Å². The Morgan fingerprint density at radius 1 is 1.04 bits per heavy atom. The Balaban J connectivity index is 1.93. The molecule has 0 atom stereocenters. The molecule has 0 unspecified atom stereocenters. The molecule has 0 bridgehead atoms. The normalized spacial score (nSPS) is 12.5. The van der Waals surface area contributed by atoms with Gasteiger partial charge in [0.15, 0.2) is 11.5 Å². The van der Waals surface area contributed by atoms with Crippen molar-refractivity contribution in [3.8, 4) is 0 Å². The van der Waals surface area contributed by atoms with E-state index in [2.05, 4.69) is 40.7 Å². The fraction of sp³-hybridized carbons (Fsp3) is 0.294. The Morgan fingerprint density at radius 2 is 1.71 bits per heavy atom. The number of aromatic amines is 1. The largest absolute Gasteiger partial charge is 0.263 e. The van der Waals surface area contributed by atoms with E-state index in [0.717, 1.165) is 11.3 Å². The Bertz CT molecular complexity index is 984. The first-order valence-corrected chi connectivity index (χ1v) is 9.10. The van der Waals surface area contributed by atoms with Gasteiger partial charge < -0.3 is 0 Å². The zero-order valence-electron chi connectivity index (χ0n) is 14.1. The zero-order valence-corrected chi connectivity index (χ0v) is 14.9. The fourth-order valence-corrected chi connectivity index (χ4v) is 3.42. The molecule has 24 heavy (non-hydrogen) atoms. The highest BCUT2D eigenvalue weighted by Crippen LogP contribution is 2.25. The van der Waals surface area contributed by atoms with Crippen LogP contribution in [0.1, 0.15) is 32.0 Å². The van der Waals surface area contributed by atoms with Gasteiger partial charge in [-0.15, -0.1) is 0 Å². The molecule has 6 nitrogen and oxygen atoms in total. The summed E-state index contributed by atoms with van der Waals surface area (Å²) in [5.41, 5.74) is 2.43. The van der Waals surface area contributed by atoms with Crippen molar-refractivity contribution >= 4 is 26.9 Å². The van der Waals surface area contributed by atoms with Crippen LogP contribution in [0.25, 0.3) is 11.0 Å². The van der Waals surface area contributed by atoms with Gasteiger partial charge in [-0.25, -0.2) is 13.4 Å². The van der Waals surface area contributed by atoms with Crippen LogP contribution >= 0.6 is 0 Å². The van der Waals surface area contributed by atoms with E-state index in [0.29, 0.717) is 11.0 Å². The van der Waals surface area contributed by atoms with E-state index in [4.69, 9.17) is 0 Å². The molecule has 3 aromatic rings. The standard InChI is InChI=1S/C17H20N4O2S/c1-11-5-10-14-15(18-11)19-20-16(14)21-24(22,23)13-8-6-12(7-9-13)17(2,3)4/h5-10H,1-4H3,(H2,18,19,20,21). The summed E-state index contributed by atoms with van der Waals surface area (Å²) in [6.45, 7) is 8.11. The monoisotopic (exact) mass is 344 g/mol. The van der Waals surface area contributed by atoms with E-state index in [1.807, 2.05) is 25.1 Å². The van der Waals surface area contributed by atoms with Crippen molar-refractivity contribution in [2.24, 2.45) is 0 Å². The molecule has 0 aliphatic rings. The molecule has 3 rings (SSSR count). The first-order valence-electron chi connectivity index (χ1n) is 7.62. The molecular weight excluding hydrogens is 324 g/mol. The lowest BCUT2D eigenvalue weighted by molar-refractivity contribution is 0.587. The zero-order chi connectivity index (χ0) is 17.5. The van der Waals surface area contributed by atoms with Crippen LogP contribution in [-0.4, -0.2) is 23.6 Å². The molecule has 0 aliphatic carbocycles. The third kappa shape index (κ3) is 3.12. The Labute approximate surface area is 141 Å². The number of anilines is 1. The number of aromatic nitrogens is 3. The van der Waals surface area contributed by atoms with Crippen LogP contribution in [-0.2, 0) is 15.4 Å². The highest BCUT2D eigenvalue weighted by molar-refractivity contribution is 7.92. The van der Waals surface area contributed by atoms with E-state index in [1.54, 1.807) is 18.2 Å². The highest BCUT2D eigenvalue weighted by Gasteiger charge is 2.19. The molecule has 7 heteroatoms. The predicted molar refractivity (Wildman–Crippen MR) is 94.6 cm³/mol. The van der Waals surface area contributed by atoms with Gasteiger partial charge in [-0.2, -0.15) is 5.10 Å². The number of nitrogens with one attached hydrogen (secondary N) is 2. The van der Waals surface area contributed by atoms with Crippen LogP contribution in [0.2, 0.25) is 0 Å². The van der Waals surface area contributed by atoms with Crippen LogP contribution in [0, 0.1) is 6.92 Å². The fourth-order valence-electron chi connectivity index (χ4n) is 2.40. The molecular formula is C17H20N4O2S. The minimum atomic E-state index is -3.71. The van der Waals surface area contributed by atoms with Crippen LogP contribution in [0.15, 0.2) is 41.3 Å². The maximum Gasteiger partial charge on any atom is 0.263 e. The van der Waals surface area contributed by atoms with E-state index in [-0.39, 0.29) is 16.1 Å². The van der Waals surface area contributed by atoms with Crippen LogP contribution in [0.4, 0.5) is 5.82 Å². The van der Waals surface area contributed by atoms with Gasteiger partial charge in [0.05, 0.1) is 10.3 Å². The lowest BCUT2D eigenvalue weighted by atomic mass is 9.87. The summed E-state index contributed by atoms with van der Waals surface area (Å²) >= 11 is 0. The maximum atomic E-state index is 12.6. The van der Waals surface area contributed by atoms with Crippen molar-refractivity contribution in [1.82, 2.24) is 15.2 Å². The van der Waals surface area contributed by atoms with Gasteiger partial charge in [0.1, 0.15) is 0 Å². The average molecular weight is 344 g/mol. The lowest BCUT2D eigenvalue weighted by Crippen LogP contribution is -2.15. The number of nitrogens with zero attached hydrogens (tertiary/aromatic N) is 2. The smallest absolute Gasteiger partial charge is 0.261 e. The Morgan fingerprint density at radius 3 is 2.33 bits per heavy atom. The van der Waals surface area contributed by atoms with Gasteiger partial charge in [0.2, 0.25) is 0 Å². The number of hydrogen-bond acceptors (Lipinski definition) is 4. The summed E-state index contributed by atoms with van der Waals surface area (Å²) in [7, 11) is -3.71. The molecule has 0 spiro atoms. The van der Waals surface area contributed by atoms with Crippen LogP contribution < -0.4 is 4.72 Å². The molecule has 2 heterocycles. The summed E-state index contributed by atoms with van der Waals surface area (Å²) in [6, 6.07) is 10.5. The molecule has 126 valence electrons. The van der Waals surface area contributed by atoms with Crippen molar-refractivity contribution in [3.63, 3.8) is 0 Å². The van der Waals surface area contributed by atoms with Gasteiger partial charge >= 0.3 is 0 Å². The average Bonchev–Trinajstić information content (AvgIpc) is 2.88. The second-order valence-electron chi connectivity index (χ2n) is 6.80. The quantitative estimate of drug-likeness (QED) is 0.762. The summed E-state index contributed by atoms with van der Waals surface area (Å²) in [5.74, 6) is 0.248. The van der Waals surface area contributed by atoms with Crippen molar-refractivity contribution in [1.29, 1.82) is 0 Å². The number of hydrogen-bond donors (Lipinski definition) is 2. The van der Waals surface area contributed by atoms with E-state index < -0.39 is 10.0 Å². The van der Waals surface area contributed by atoms with Gasteiger partial charge in [0.25, 0.3) is 10.0 Å². The molecule has 0 amide bonds. The number of fused-ring (bicyclic) bond motifs is 1.